The maximum atomic E-state index is 13.3. The normalized spacial score (nSPS) is 17.2. The van der Waals surface area contributed by atoms with E-state index in [0.717, 1.165) is 35.4 Å². The van der Waals surface area contributed by atoms with Crippen LogP contribution in [0, 0.1) is 6.92 Å². The molecule has 3 aromatic rings. The number of hydrogen-bond acceptors (Lipinski definition) is 5. The predicted molar refractivity (Wildman–Crippen MR) is 113 cm³/mol. The first-order valence-corrected chi connectivity index (χ1v) is 10.2. The Hall–Kier alpha value is -3.12. The lowest BCUT2D eigenvalue weighted by molar-refractivity contribution is 0.0546. The van der Waals surface area contributed by atoms with Crippen LogP contribution in [0.25, 0.3) is 11.1 Å². The number of carbonyl (C=O) groups excluding carboxylic acids is 1. The largest absolute Gasteiger partial charge is 0.496 e. The summed E-state index contributed by atoms with van der Waals surface area (Å²) in [4.78, 5) is 15.1. The van der Waals surface area contributed by atoms with E-state index in [1.807, 2.05) is 29.2 Å². The SMILES string of the molecule is COc1ccccc1-c1ccc2c(c1)C1(CCOCC1)CN2C(=O)c1cc(C)on1. The van der Waals surface area contributed by atoms with E-state index in [2.05, 4.69) is 23.4 Å². The van der Waals surface area contributed by atoms with E-state index < -0.39 is 0 Å². The molecule has 1 fully saturated rings. The molecule has 30 heavy (non-hydrogen) atoms. The highest BCUT2D eigenvalue weighted by molar-refractivity contribution is 6.06. The molecule has 0 bridgehead atoms. The molecule has 1 amide bonds. The van der Waals surface area contributed by atoms with Gasteiger partial charge >= 0.3 is 0 Å². The molecule has 0 saturated carbocycles. The molecule has 6 nitrogen and oxygen atoms in total. The molecule has 154 valence electrons. The lowest BCUT2D eigenvalue weighted by Crippen LogP contribution is -2.40. The van der Waals surface area contributed by atoms with Crippen LogP contribution >= 0.6 is 0 Å². The van der Waals surface area contributed by atoms with Crippen LogP contribution < -0.4 is 9.64 Å². The second kappa shape index (κ2) is 7.29. The average molecular weight is 404 g/mol. The van der Waals surface area contributed by atoms with Gasteiger partial charge in [-0.2, -0.15) is 0 Å². The van der Waals surface area contributed by atoms with Gasteiger partial charge in [0.2, 0.25) is 0 Å². The van der Waals surface area contributed by atoms with Crippen molar-refractivity contribution >= 4 is 11.6 Å². The molecule has 1 saturated heterocycles. The van der Waals surface area contributed by atoms with E-state index in [0.29, 0.717) is 31.2 Å². The van der Waals surface area contributed by atoms with Gasteiger partial charge in [0.15, 0.2) is 5.69 Å². The van der Waals surface area contributed by atoms with Crippen molar-refractivity contribution in [3.63, 3.8) is 0 Å². The number of fused-ring (bicyclic) bond motifs is 2. The van der Waals surface area contributed by atoms with Gasteiger partial charge in [0, 0.05) is 42.5 Å². The molecule has 0 radical (unpaired) electrons. The first-order chi connectivity index (χ1) is 14.6. The highest BCUT2D eigenvalue weighted by Gasteiger charge is 2.46. The minimum atomic E-state index is -0.124. The van der Waals surface area contributed by atoms with Crippen LogP contribution in [0.1, 0.15) is 34.7 Å². The van der Waals surface area contributed by atoms with Crippen molar-refractivity contribution < 1.29 is 18.8 Å². The number of anilines is 1. The minimum absolute atomic E-state index is 0.111. The van der Waals surface area contributed by atoms with Gasteiger partial charge in [0.1, 0.15) is 11.5 Å². The fourth-order valence-electron chi connectivity index (χ4n) is 4.70. The zero-order chi connectivity index (χ0) is 20.7. The Morgan fingerprint density at radius 1 is 1.13 bits per heavy atom. The summed E-state index contributed by atoms with van der Waals surface area (Å²) in [5.41, 5.74) is 4.51. The van der Waals surface area contributed by atoms with E-state index in [9.17, 15) is 4.79 Å². The molecule has 5 rings (SSSR count). The van der Waals surface area contributed by atoms with Crippen molar-refractivity contribution in [1.82, 2.24) is 5.16 Å². The number of methoxy groups -OCH3 is 1. The molecule has 0 atom stereocenters. The Morgan fingerprint density at radius 3 is 2.67 bits per heavy atom. The first kappa shape index (κ1) is 18.9. The Bertz CT molecular complexity index is 1100. The summed E-state index contributed by atoms with van der Waals surface area (Å²) in [5.74, 6) is 1.34. The van der Waals surface area contributed by atoms with Crippen LogP contribution in [-0.4, -0.2) is 37.9 Å². The van der Waals surface area contributed by atoms with E-state index in [4.69, 9.17) is 14.0 Å². The van der Waals surface area contributed by atoms with Crippen LogP contribution in [0.3, 0.4) is 0 Å². The molecule has 0 N–H and O–H groups in total. The van der Waals surface area contributed by atoms with Crippen LogP contribution in [0.2, 0.25) is 0 Å². The molecule has 1 spiro atoms. The smallest absolute Gasteiger partial charge is 0.280 e. The van der Waals surface area contributed by atoms with Gasteiger partial charge < -0.3 is 18.9 Å². The number of aromatic nitrogens is 1. The van der Waals surface area contributed by atoms with Gasteiger partial charge in [-0.15, -0.1) is 0 Å². The van der Waals surface area contributed by atoms with Gasteiger partial charge in [-0.3, -0.25) is 4.79 Å². The number of rotatable bonds is 3. The summed E-state index contributed by atoms with van der Waals surface area (Å²) in [6, 6.07) is 16.0. The summed E-state index contributed by atoms with van der Waals surface area (Å²) in [6.07, 6.45) is 1.77. The highest BCUT2D eigenvalue weighted by Crippen LogP contribution is 2.49. The monoisotopic (exact) mass is 404 g/mol. The fourth-order valence-corrected chi connectivity index (χ4v) is 4.70. The number of para-hydroxylation sites is 1. The van der Waals surface area contributed by atoms with Crippen molar-refractivity contribution in [2.45, 2.75) is 25.2 Å². The quantitative estimate of drug-likeness (QED) is 0.649. The molecular weight excluding hydrogens is 380 g/mol. The van der Waals surface area contributed by atoms with Crippen molar-refractivity contribution in [3.8, 4) is 16.9 Å². The van der Waals surface area contributed by atoms with Crippen molar-refractivity contribution in [2.24, 2.45) is 0 Å². The average Bonchev–Trinajstić information content (AvgIpc) is 3.35. The van der Waals surface area contributed by atoms with Gasteiger partial charge in [-0.25, -0.2) is 0 Å². The Balaban J connectivity index is 1.61. The second-order valence-electron chi connectivity index (χ2n) is 8.04. The summed E-state index contributed by atoms with van der Waals surface area (Å²) < 4.78 is 16.4. The lowest BCUT2D eigenvalue weighted by atomic mass is 9.75. The van der Waals surface area contributed by atoms with Crippen LogP contribution in [-0.2, 0) is 10.2 Å². The molecule has 2 aromatic carbocycles. The molecule has 0 unspecified atom stereocenters. The number of carbonyl (C=O) groups is 1. The summed E-state index contributed by atoms with van der Waals surface area (Å²) >= 11 is 0. The number of ether oxygens (including phenoxy) is 2. The summed E-state index contributed by atoms with van der Waals surface area (Å²) in [5, 5.41) is 3.95. The molecule has 6 heteroatoms. The zero-order valence-electron chi connectivity index (χ0n) is 17.2. The molecule has 2 aliphatic heterocycles. The maximum Gasteiger partial charge on any atom is 0.280 e. The third kappa shape index (κ3) is 2.99. The first-order valence-electron chi connectivity index (χ1n) is 10.2. The van der Waals surface area contributed by atoms with Gasteiger partial charge in [0.25, 0.3) is 5.91 Å². The standard InChI is InChI=1S/C24H24N2O4/c1-16-13-20(25-30-16)23(27)26-15-24(9-11-29-12-10-24)19-14-17(7-8-21(19)26)18-5-3-4-6-22(18)28-2/h3-8,13-14H,9-12,15H2,1-2H3. The highest BCUT2D eigenvalue weighted by atomic mass is 16.5. The predicted octanol–water partition coefficient (Wildman–Crippen LogP) is 4.37. The van der Waals surface area contributed by atoms with Crippen LogP contribution in [0.4, 0.5) is 5.69 Å². The minimum Gasteiger partial charge on any atom is -0.496 e. The Morgan fingerprint density at radius 2 is 1.93 bits per heavy atom. The maximum absolute atomic E-state index is 13.3. The summed E-state index contributed by atoms with van der Waals surface area (Å²) in [6.45, 7) is 3.82. The Labute approximate surface area is 175 Å². The zero-order valence-corrected chi connectivity index (χ0v) is 17.2. The van der Waals surface area contributed by atoms with Crippen LogP contribution in [0.5, 0.6) is 5.75 Å². The van der Waals surface area contributed by atoms with Crippen molar-refractivity contribution in [3.05, 3.63) is 65.5 Å². The number of aryl methyl sites for hydroxylation is 1. The topological polar surface area (TPSA) is 64.8 Å². The van der Waals surface area contributed by atoms with Gasteiger partial charge in [-0.1, -0.05) is 29.4 Å². The summed E-state index contributed by atoms with van der Waals surface area (Å²) in [7, 11) is 1.69. The third-order valence-electron chi connectivity index (χ3n) is 6.28. The van der Waals surface area contributed by atoms with Gasteiger partial charge in [-0.05, 0) is 49.1 Å². The van der Waals surface area contributed by atoms with E-state index in [1.54, 1.807) is 20.1 Å². The lowest BCUT2D eigenvalue weighted by Gasteiger charge is -2.34. The molecular formula is C24H24N2O4. The number of hydrogen-bond donors (Lipinski definition) is 0. The third-order valence-corrected chi connectivity index (χ3v) is 6.28. The number of nitrogens with zero attached hydrogens (tertiary/aromatic N) is 2. The number of benzene rings is 2. The van der Waals surface area contributed by atoms with E-state index in [-0.39, 0.29) is 11.3 Å². The van der Waals surface area contributed by atoms with Gasteiger partial charge in [0.05, 0.1) is 7.11 Å². The molecule has 2 aliphatic rings. The molecule has 1 aromatic heterocycles. The van der Waals surface area contributed by atoms with Crippen molar-refractivity contribution in [1.29, 1.82) is 0 Å². The van der Waals surface area contributed by atoms with Crippen LogP contribution in [0.15, 0.2) is 53.1 Å². The number of amides is 1. The van der Waals surface area contributed by atoms with E-state index in [1.165, 1.54) is 5.56 Å². The molecule has 3 heterocycles. The second-order valence-corrected chi connectivity index (χ2v) is 8.04. The molecule has 0 aliphatic carbocycles. The Kier molecular flexibility index (Phi) is 4.59. The van der Waals surface area contributed by atoms with Crippen molar-refractivity contribution in [2.75, 3.05) is 31.8 Å². The fraction of sp³-hybridized carbons (Fsp3) is 0.333. The van der Waals surface area contributed by atoms with E-state index >= 15 is 0 Å².